The van der Waals surface area contributed by atoms with Crippen molar-refractivity contribution >= 4 is 40.6 Å². The summed E-state index contributed by atoms with van der Waals surface area (Å²) in [5.41, 5.74) is 3.23. The number of likely N-dealkylation sites (N-methyl/N-ethyl adjacent to an activating group) is 1. The van der Waals surface area contributed by atoms with Crippen molar-refractivity contribution in [2.45, 2.75) is 6.92 Å². The first-order chi connectivity index (χ1) is 14.1. The van der Waals surface area contributed by atoms with E-state index in [0.29, 0.717) is 22.6 Å². The molecule has 4 rings (SSSR count). The lowest BCUT2D eigenvalue weighted by Gasteiger charge is -2.33. The Balaban J connectivity index is 1.44. The normalized spacial score (nSPS) is 14.7. The molecule has 3 heterocycles. The first-order valence-corrected chi connectivity index (χ1v) is 9.97. The molecular weight excluding hydrogens is 386 g/mol. The highest BCUT2D eigenvalue weighted by molar-refractivity contribution is 6.32. The van der Waals surface area contributed by atoms with Crippen LogP contribution in [0.4, 0.5) is 29.0 Å². The minimum absolute atomic E-state index is 0.434. The van der Waals surface area contributed by atoms with E-state index in [2.05, 4.69) is 48.5 Å². The molecule has 1 fully saturated rings. The van der Waals surface area contributed by atoms with Gasteiger partial charge in [-0.2, -0.15) is 4.98 Å². The van der Waals surface area contributed by atoms with Crippen LogP contribution in [0.25, 0.3) is 0 Å². The summed E-state index contributed by atoms with van der Waals surface area (Å²) in [6.07, 6.45) is 3.46. The van der Waals surface area contributed by atoms with Crippen molar-refractivity contribution < 1.29 is 0 Å². The largest absolute Gasteiger partial charge is 0.368 e. The van der Waals surface area contributed by atoms with Crippen LogP contribution in [0.5, 0.6) is 0 Å². The fourth-order valence-corrected chi connectivity index (χ4v) is 3.25. The zero-order valence-electron chi connectivity index (χ0n) is 16.6. The Morgan fingerprint density at radius 3 is 2.34 bits per heavy atom. The van der Waals surface area contributed by atoms with Crippen molar-refractivity contribution in [2.75, 3.05) is 48.8 Å². The number of anilines is 5. The number of aromatic nitrogens is 3. The highest BCUT2D eigenvalue weighted by Gasteiger charge is 2.14. The number of hydrogen-bond acceptors (Lipinski definition) is 7. The van der Waals surface area contributed by atoms with E-state index in [-0.39, 0.29) is 0 Å². The Hall–Kier alpha value is -2.90. The third-order valence-electron chi connectivity index (χ3n) is 4.91. The zero-order chi connectivity index (χ0) is 20.2. The summed E-state index contributed by atoms with van der Waals surface area (Å²) in [4.78, 5) is 17.9. The van der Waals surface area contributed by atoms with Gasteiger partial charge < -0.3 is 20.4 Å². The Morgan fingerprint density at radius 2 is 1.66 bits per heavy atom. The summed E-state index contributed by atoms with van der Waals surface area (Å²) in [6, 6.07) is 12.0. The van der Waals surface area contributed by atoms with E-state index < -0.39 is 0 Å². The van der Waals surface area contributed by atoms with Crippen molar-refractivity contribution in [1.82, 2.24) is 19.9 Å². The van der Waals surface area contributed by atoms with Gasteiger partial charge in [-0.1, -0.05) is 29.3 Å². The number of nitrogens with one attached hydrogen (secondary N) is 2. The maximum absolute atomic E-state index is 6.26. The smallest absolute Gasteiger partial charge is 0.230 e. The van der Waals surface area contributed by atoms with E-state index >= 15 is 0 Å². The SMILES string of the molecule is Cc1ccc(Nc2nc(Nc3ccc(N4CCN(C)CC4)cn3)ncc2Cl)cc1. The summed E-state index contributed by atoms with van der Waals surface area (Å²) >= 11 is 6.26. The first-order valence-electron chi connectivity index (χ1n) is 9.59. The van der Waals surface area contributed by atoms with Crippen LogP contribution in [-0.2, 0) is 0 Å². The van der Waals surface area contributed by atoms with Crippen molar-refractivity contribution in [2.24, 2.45) is 0 Å². The number of pyridine rings is 1. The summed E-state index contributed by atoms with van der Waals surface area (Å²) in [6.45, 7) is 6.20. The van der Waals surface area contributed by atoms with Crippen LogP contribution < -0.4 is 15.5 Å². The molecule has 1 aromatic carbocycles. The van der Waals surface area contributed by atoms with Crippen LogP contribution in [-0.4, -0.2) is 53.1 Å². The minimum atomic E-state index is 0.434. The zero-order valence-corrected chi connectivity index (χ0v) is 17.3. The Morgan fingerprint density at radius 1 is 0.897 bits per heavy atom. The standard InChI is InChI=1S/C21H24ClN7/c1-15-3-5-16(6-4-15)25-20-18(22)14-24-21(27-20)26-19-8-7-17(13-23-19)29-11-9-28(2)10-12-29/h3-8,13-14H,9-12H2,1-2H3,(H2,23,24,25,26,27). The molecule has 3 aromatic rings. The van der Waals surface area contributed by atoms with Crippen LogP contribution in [0.1, 0.15) is 5.56 Å². The third kappa shape index (κ3) is 4.93. The molecule has 2 aromatic heterocycles. The lowest BCUT2D eigenvalue weighted by molar-refractivity contribution is 0.313. The van der Waals surface area contributed by atoms with Crippen molar-refractivity contribution in [3.8, 4) is 0 Å². The van der Waals surface area contributed by atoms with Gasteiger partial charge in [0.1, 0.15) is 10.8 Å². The minimum Gasteiger partial charge on any atom is -0.368 e. The highest BCUT2D eigenvalue weighted by Crippen LogP contribution is 2.25. The van der Waals surface area contributed by atoms with E-state index in [0.717, 1.165) is 37.6 Å². The van der Waals surface area contributed by atoms with Gasteiger partial charge in [0.25, 0.3) is 0 Å². The molecule has 0 spiro atoms. The summed E-state index contributed by atoms with van der Waals surface area (Å²) in [5.74, 6) is 1.66. The van der Waals surface area contributed by atoms with E-state index in [1.54, 1.807) is 6.20 Å². The molecule has 2 N–H and O–H groups in total. The third-order valence-corrected chi connectivity index (χ3v) is 5.19. The van der Waals surface area contributed by atoms with Gasteiger partial charge in [-0.05, 0) is 38.2 Å². The second-order valence-electron chi connectivity index (χ2n) is 7.20. The van der Waals surface area contributed by atoms with Gasteiger partial charge in [-0.25, -0.2) is 9.97 Å². The summed E-state index contributed by atoms with van der Waals surface area (Å²) in [7, 11) is 2.15. The molecular formula is C21H24ClN7. The fraction of sp³-hybridized carbons (Fsp3) is 0.286. The van der Waals surface area contributed by atoms with Crippen molar-refractivity contribution in [3.63, 3.8) is 0 Å². The lowest BCUT2D eigenvalue weighted by atomic mass is 10.2. The molecule has 1 aliphatic heterocycles. The number of piperazine rings is 1. The monoisotopic (exact) mass is 409 g/mol. The highest BCUT2D eigenvalue weighted by atomic mass is 35.5. The van der Waals surface area contributed by atoms with Crippen molar-refractivity contribution in [1.29, 1.82) is 0 Å². The van der Waals surface area contributed by atoms with Gasteiger partial charge in [0, 0.05) is 31.9 Å². The van der Waals surface area contributed by atoms with Crippen LogP contribution in [0.3, 0.4) is 0 Å². The average Bonchev–Trinajstić information content (AvgIpc) is 2.73. The summed E-state index contributed by atoms with van der Waals surface area (Å²) < 4.78 is 0. The number of halogens is 1. The molecule has 0 saturated carbocycles. The molecule has 0 amide bonds. The molecule has 29 heavy (non-hydrogen) atoms. The van der Waals surface area contributed by atoms with Crippen LogP contribution in [0, 0.1) is 6.92 Å². The van der Waals surface area contributed by atoms with Gasteiger partial charge in [0.15, 0.2) is 5.82 Å². The molecule has 1 saturated heterocycles. The number of hydrogen-bond donors (Lipinski definition) is 2. The van der Waals surface area contributed by atoms with Gasteiger partial charge >= 0.3 is 0 Å². The van der Waals surface area contributed by atoms with E-state index in [1.165, 1.54) is 5.56 Å². The quantitative estimate of drug-likeness (QED) is 0.658. The Bertz CT molecular complexity index is 952. The molecule has 0 bridgehead atoms. The number of rotatable bonds is 5. The van der Waals surface area contributed by atoms with E-state index in [1.807, 2.05) is 43.5 Å². The second kappa shape index (κ2) is 8.63. The fourth-order valence-electron chi connectivity index (χ4n) is 3.11. The molecule has 0 atom stereocenters. The van der Waals surface area contributed by atoms with Gasteiger partial charge in [0.2, 0.25) is 5.95 Å². The van der Waals surface area contributed by atoms with Crippen LogP contribution in [0.2, 0.25) is 5.02 Å². The Labute approximate surface area is 175 Å². The van der Waals surface area contributed by atoms with E-state index in [9.17, 15) is 0 Å². The Kier molecular flexibility index (Phi) is 5.78. The van der Waals surface area contributed by atoms with Crippen molar-refractivity contribution in [3.05, 3.63) is 59.4 Å². The molecule has 0 aliphatic carbocycles. The molecule has 1 aliphatic rings. The van der Waals surface area contributed by atoms with Crippen LogP contribution in [0.15, 0.2) is 48.8 Å². The maximum atomic E-state index is 6.26. The van der Waals surface area contributed by atoms with Gasteiger partial charge in [0.05, 0.1) is 18.1 Å². The average molecular weight is 410 g/mol. The van der Waals surface area contributed by atoms with Gasteiger partial charge in [-0.3, -0.25) is 0 Å². The molecule has 0 unspecified atom stereocenters. The van der Waals surface area contributed by atoms with Crippen LogP contribution >= 0.6 is 11.6 Å². The summed E-state index contributed by atoms with van der Waals surface area (Å²) in [5, 5.41) is 6.83. The van der Waals surface area contributed by atoms with Gasteiger partial charge in [-0.15, -0.1) is 0 Å². The maximum Gasteiger partial charge on any atom is 0.230 e. The first kappa shape index (κ1) is 19.4. The molecule has 7 nitrogen and oxygen atoms in total. The molecule has 0 radical (unpaired) electrons. The second-order valence-corrected chi connectivity index (χ2v) is 7.61. The number of nitrogens with zero attached hydrogens (tertiary/aromatic N) is 5. The van der Waals surface area contributed by atoms with E-state index in [4.69, 9.17) is 11.6 Å². The lowest BCUT2D eigenvalue weighted by Crippen LogP contribution is -2.44. The topological polar surface area (TPSA) is 69.2 Å². The number of benzene rings is 1. The number of aryl methyl sites for hydroxylation is 1. The molecule has 150 valence electrons. The predicted molar refractivity (Wildman–Crippen MR) is 119 cm³/mol. The predicted octanol–water partition coefficient (Wildman–Crippen LogP) is 4.07. The molecule has 8 heteroatoms.